The maximum absolute atomic E-state index is 6.05. The van der Waals surface area contributed by atoms with Crippen molar-refractivity contribution >= 4 is 6.01 Å². The van der Waals surface area contributed by atoms with Gasteiger partial charge in [-0.05, 0) is 50.9 Å². The van der Waals surface area contributed by atoms with E-state index in [1.807, 2.05) is 40.7 Å². The molecule has 32 heavy (non-hydrogen) atoms. The van der Waals surface area contributed by atoms with Crippen LogP contribution in [-0.2, 0) is 0 Å². The fraction of sp³-hybridized carbons (Fsp3) is 0.680. The lowest BCUT2D eigenvalue weighted by Crippen LogP contribution is -2.52. The number of piperidine rings is 1. The van der Waals surface area contributed by atoms with E-state index in [2.05, 4.69) is 44.9 Å². The van der Waals surface area contributed by atoms with E-state index >= 15 is 0 Å². The van der Waals surface area contributed by atoms with Gasteiger partial charge in [-0.3, -0.25) is 4.90 Å². The van der Waals surface area contributed by atoms with E-state index in [9.17, 15) is 0 Å². The molecule has 2 saturated heterocycles. The maximum atomic E-state index is 6.05. The first-order valence-corrected chi connectivity index (χ1v) is 12.2. The Bertz CT molecular complexity index is 807. The number of nitrogens with zero attached hydrogens (tertiary/aromatic N) is 5. The van der Waals surface area contributed by atoms with Gasteiger partial charge in [0.05, 0.1) is 7.11 Å². The van der Waals surface area contributed by atoms with Crippen molar-refractivity contribution in [3.05, 3.63) is 23.3 Å². The Balaban J connectivity index is 0.000000860. The van der Waals surface area contributed by atoms with Crippen molar-refractivity contribution in [3.8, 4) is 17.2 Å². The molecular formula is C25H43N5O2. The van der Waals surface area contributed by atoms with Crippen LogP contribution >= 0.6 is 0 Å². The number of rotatable bonds is 4. The molecule has 1 aromatic heterocycles. The Morgan fingerprint density at radius 2 is 1.50 bits per heavy atom. The molecule has 0 bridgehead atoms. The standard InChI is InChI=1S/C21H31N5O2.2C2H6/c1-15-13-16(2)19(27-4)14-18(15)20-22-23-21(28-20)26-7-5-17(6-8-26)25-11-9-24(3)10-12-25;2*1-2/h13-14,17H,5-12H2,1-4H3;2*1-2H3. The number of aromatic nitrogens is 2. The molecular weight excluding hydrogens is 402 g/mol. The number of methoxy groups -OCH3 is 1. The summed E-state index contributed by atoms with van der Waals surface area (Å²) in [6.07, 6.45) is 2.30. The van der Waals surface area contributed by atoms with Crippen LogP contribution in [0.1, 0.15) is 51.7 Å². The van der Waals surface area contributed by atoms with E-state index in [0.717, 1.165) is 48.4 Å². The normalized spacial score (nSPS) is 17.8. The Morgan fingerprint density at radius 1 is 0.875 bits per heavy atom. The highest BCUT2D eigenvalue weighted by molar-refractivity contribution is 5.63. The second-order valence-electron chi connectivity index (χ2n) is 8.08. The zero-order chi connectivity index (χ0) is 23.7. The average Bonchev–Trinajstić information content (AvgIpc) is 3.32. The van der Waals surface area contributed by atoms with Crippen LogP contribution in [0.25, 0.3) is 11.5 Å². The van der Waals surface area contributed by atoms with E-state index in [4.69, 9.17) is 9.15 Å². The largest absolute Gasteiger partial charge is 0.496 e. The molecule has 0 unspecified atom stereocenters. The molecule has 0 aliphatic carbocycles. The lowest BCUT2D eigenvalue weighted by atomic mass is 10.0. The van der Waals surface area contributed by atoms with Crippen molar-refractivity contribution < 1.29 is 9.15 Å². The third-order valence-electron chi connectivity index (χ3n) is 6.18. The van der Waals surface area contributed by atoms with Crippen molar-refractivity contribution in [1.29, 1.82) is 0 Å². The van der Waals surface area contributed by atoms with E-state index in [1.165, 1.54) is 26.2 Å². The fourth-order valence-corrected chi connectivity index (χ4v) is 4.34. The predicted molar refractivity (Wildman–Crippen MR) is 133 cm³/mol. The molecule has 2 aliphatic rings. The number of aryl methyl sites for hydroxylation is 2. The highest BCUT2D eigenvalue weighted by atomic mass is 16.5. The van der Waals surface area contributed by atoms with Crippen molar-refractivity contribution in [2.24, 2.45) is 0 Å². The highest BCUT2D eigenvalue weighted by Crippen LogP contribution is 2.31. The highest BCUT2D eigenvalue weighted by Gasteiger charge is 2.28. The minimum absolute atomic E-state index is 0.562. The molecule has 2 fully saturated rings. The summed E-state index contributed by atoms with van der Waals surface area (Å²) in [6, 6.07) is 5.39. The van der Waals surface area contributed by atoms with Crippen LogP contribution in [0.3, 0.4) is 0 Å². The summed E-state index contributed by atoms with van der Waals surface area (Å²) in [5.41, 5.74) is 3.16. The Kier molecular flexibility index (Phi) is 10.5. The molecule has 1 aromatic carbocycles. The van der Waals surface area contributed by atoms with Gasteiger partial charge in [-0.1, -0.05) is 38.9 Å². The molecule has 0 amide bonds. The van der Waals surface area contributed by atoms with Crippen molar-refractivity contribution in [2.75, 3.05) is 58.3 Å². The zero-order valence-electron chi connectivity index (χ0n) is 21.4. The molecule has 0 N–H and O–H groups in total. The Morgan fingerprint density at radius 3 is 2.09 bits per heavy atom. The van der Waals surface area contributed by atoms with Gasteiger partial charge in [0.1, 0.15) is 5.75 Å². The monoisotopic (exact) mass is 445 g/mol. The molecule has 0 saturated carbocycles. The number of likely N-dealkylation sites (N-methyl/N-ethyl adjacent to an activating group) is 1. The lowest BCUT2D eigenvalue weighted by Gasteiger charge is -2.41. The van der Waals surface area contributed by atoms with Gasteiger partial charge in [-0.2, -0.15) is 0 Å². The smallest absolute Gasteiger partial charge is 0.318 e. The molecule has 7 heteroatoms. The zero-order valence-corrected chi connectivity index (χ0v) is 21.4. The van der Waals surface area contributed by atoms with Crippen LogP contribution in [0, 0.1) is 13.8 Å². The summed E-state index contributed by atoms with van der Waals surface area (Å²) in [7, 11) is 3.89. The fourth-order valence-electron chi connectivity index (χ4n) is 4.34. The van der Waals surface area contributed by atoms with Gasteiger partial charge in [0.15, 0.2) is 0 Å². The second kappa shape index (κ2) is 12.8. The van der Waals surface area contributed by atoms with Gasteiger partial charge in [0.2, 0.25) is 5.89 Å². The molecule has 4 rings (SSSR count). The minimum Gasteiger partial charge on any atom is -0.496 e. The molecule has 3 heterocycles. The average molecular weight is 446 g/mol. The van der Waals surface area contributed by atoms with Crippen LogP contribution < -0.4 is 9.64 Å². The number of anilines is 1. The summed E-state index contributed by atoms with van der Waals surface area (Å²) in [4.78, 5) is 7.29. The summed E-state index contributed by atoms with van der Waals surface area (Å²) in [5.74, 6) is 1.40. The van der Waals surface area contributed by atoms with Gasteiger partial charge in [0.25, 0.3) is 0 Å². The summed E-state index contributed by atoms with van der Waals surface area (Å²) in [5, 5.41) is 8.65. The molecule has 180 valence electrons. The topological polar surface area (TPSA) is 57.9 Å². The van der Waals surface area contributed by atoms with E-state index in [1.54, 1.807) is 7.11 Å². The molecule has 2 aromatic rings. The van der Waals surface area contributed by atoms with Gasteiger partial charge >= 0.3 is 6.01 Å². The third-order valence-corrected chi connectivity index (χ3v) is 6.18. The second-order valence-corrected chi connectivity index (χ2v) is 8.08. The number of hydrogen-bond donors (Lipinski definition) is 0. The molecule has 2 aliphatic heterocycles. The van der Waals surface area contributed by atoms with E-state index in [-0.39, 0.29) is 0 Å². The van der Waals surface area contributed by atoms with Gasteiger partial charge in [0, 0.05) is 50.9 Å². The number of hydrogen-bond acceptors (Lipinski definition) is 7. The number of benzene rings is 1. The maximum Gasteiger partial charge on any atom is 0.318 e. The number of piperazine rings is 1. The summed E-state index contributed by atoms with van der Waals surface area (Å²) >= 11 is 0. The number of ether oxygens (including phenoxy) is 1. The van der Waals surface area contributed by atoms with Crippen molar-refractivity contribution in [3.63, 3.8) is 0 Å². The van der Waals surface area contributed by atoms with Crippen LogP contribution in [0.2, 0.25) is 0 Å². The van der Waals surface area contributed by atoms with Gasteiger partial charge < -0.3 is 19.0 Å². The predicted octanol–water partition coefficient (Wildman–Crippen LogP) is 4.63. The van der Waals surface area contributed by atoms with Crippen molar-refractivity contribution in [2.45, 2.75) is 60.4 Å². The lowest BCUT2D eigenvalue weighted by molar-refractivity contribution is 0.0976. The van der Waals surface area contributed by atoms with E-state index < -0.39 is 0 Å². The molecule has 0 radical (unpaired) electrons. The molecule has 0 atom stereocenters. The molecule has 0 spiro atoms. The Labute approximate surface area is 194 Å². The first kappa shape index (κ1) is 26.1. The van der Waals surface area contributed by atoms with Crippen molar-refractivity contribution in [1.82, 2.24) is 20.0 Å². The van der Waals surface area contributed by atoms with E-state index in [0.29, 0.717) is 17.9 Å². The van der Waals surface area contributed by atoms with Gasteiger partial charge in [-0.25, -0.2) is 0 Å². The van der Waals surface area contributed by atoms with Crippen LogP contribution in [0.15, 0.2) is 16.5 Å². The summed E-state index contributed by atoms with van der Waals surface area (Å²) in [6.45, 7) is 18.7. The SMILES string of the molecule is CC.CC.COc1cc(-c2nnc(N3CCC(N4CCN(C)CC4)CC3)o2)c(C)cc1C. The van der Waals surface area contributed by atoms with Gasteiger partial charge in [-0.15, -0.1) is 5.10 Å². The first-order chi connectivity index (χ1) is 15.5. The Hall–Kier alpha value is -2.12. The third kappa shape index (κ3) is 6.23. The van der Waals surface area contributed by atoms with Crippen LogP contribution in [0.5, 0.6) is 5.75 Å². The molecule has 7 nitrogen and oxygen atoms in total. The quantitative estimate of drug-likeness (QED) is 0.680. The minimum atomic E-state index is 0.562. The van der Waals surface area contributed by atoms with Crippen LogP contribution in [0.4, 0.5) is 6.01 Å². The summed E-state index contributed by atoms with van der Waals surface area (Å²) < 4.78 is 11.5. The van der Waals surface area contributed by atoms with Crippen LogP contribution in [-0.4, -0.2) is 79.5 Å². The first-order valence-electron chi connectivity index (χ1n) is 12.2.